The number of ether oxygens (including phenoxy) is 1. The van der Waals surface area contributed by atoms with Crippen molar-refractivity contribution in [3.8, 4) is 5.75 Å². The highest BCUT2D eigenvalue weighted by Crippen LogP contribution is 2.63. The number of benzene rings is 3. The predicted molar refractivity (Wildman–Crippen MR) is 138 cm³/mol. The van der Waals surface area contributed by atoms with Crippen LogP contribution in [0.2, 0.25) is 0 Å². The highest BCUT2D eigenvalue weighted by atomic mass is 16.5. The van der Waals surface area contributed by atoms with Crippen LogP contribution in [0.1, 0.15) is 37.3 Å². The molecular formula is C31H29NO3. The van der Waals surface area contributed by atoms with Crippen LogP contribution in [-0.2, 0) is 9.59 Å². The lowest BCUT2D eigenvalue weighted by Gasteiger charge is -2.27. The second-order valence-corrected chi connectivity index (χ2v) is 9.77. The largest absolute Gasteiger partial charge is 0.494 e. The van der Waals surface area contributed by atoms with Crippen molar-refractivity contribution in [2.45, 2.75) is 26.2 Å². The van der Waals surface area contributed by atoms with E-state index >= 15 is 0 Å². The van der Waals surface area contributed by atoms with Crippen molar-refractivity contribution in [3.63, 3.8) is 0 Å². The lowest BCUT2D eigenvalue weighted by Crippen LogP contribution is -2.32. The number of allylic oxidation sites excluding steroid dienone is 2. The third-order valence-electron chi connectivity index (χ3n) is 7.84. The maximum atomic E-state index is 13.8. The molecule has 2 bridgehead atoms. The number of hydrogen-bond donors (Lipinski definition) is 0. The quantitative estimate of drug-likeness (QED) is 0.308. The Hall–Kier alpha value is -3.66. The summed E-state index contributed by atoms with van der Waals surface area (Å²) >= 11 is 0. The molecule has 4 atom stereocenters. The number of anilines is 1. The fourth-order valence-corrected chi connectivity index (χ4v) is 6.37. The van der Waals surface area contributed by atoms with Crippen molar-refractivity contribution in [1.29, 1.82) is 0 Å². The fraction of sp³-hybridized carbons (Fsp3) is 0.290. The van der Waals surface area contributed by atoms with Gasteiger partial charge in [0.05, 0.1) is 24.1 Å². The Balaban J connectivity index is 1.35. The van der Waals surface area contributed by atoms with Crippen molar-refractivity contribution in [3.05, 3.63) is 96.1 Å². The molecule has 3 aliphatic rings. The third kappa shape index (κ3) is 3.51. The Morgan fingerprint density at radius 1 is 0.743 bits per heavy atom. The van der Waals surface area contributed by atoms with E-state index in [4.69, 9.17) is 4.74 Å². The molecule has 1 saturated carbocycles. The van der Waals surface area contributed by atoms with E-state index in [0.29, 0.717) is 12.3 Å². The summed E-state index contributed by atoms with van der Waals surface area (Å²) in [5.41, 5.74) is 5.43. The van der Waals surface area contributed by atoms with Crippen LogP contribution < -0.4 is 9.64 Å². The summed E-state index contributed by atoms with van der Waals surface area (Å²) in [5, 5.41) is 0. The molecule has 2 fully saturated rings. The summed E-state index contributed by atoms with van der Waals surface area (Å²) in [6.07, 6.45) is 2.93. The molecule has 2 aliphatic carbocycles. The topological polar surface area (TPSA) is 46.6 Å². The second-order valence-electron chi connectivity index (χ2n) is 9.77. The molecule has 0 radical (unpaired) electrons. The van der Waals surface area contributed by atoms with Crippen molar-refractivity contribution < 1.29 is 14.3 Å². The first-order valence-corrected chi connectivity index (χ1v) is 12.6. The first kappa shape index (κ1) is 21.8. The first-order valence-electron chi connectivity index (χ1n) is 12.6. The number of rotatable bonds is 7. The molecule has 35 heavy (non-hydrogen) atoms. The molecular weight excluding hydrogens is 434 g/mol. The molecule has 0 spiro atoms. The van der Waals surface area contributed by atoms with Gasteiger partial charge in [-0.2, -0.15) is 0 Å². The van der Waals surface area contributed by atoms with Crippen LogP contribution in [0.3, 0.4) is 0 Å². The lowest BCUT2D eigenvalue weighted by atomic mass is 9.73. The second kappa shape index (κ2) is 8.84. The number of carbonyl (C=O) groups excluding carboxylic acids is 2. The zero-order valence-electron chi connectivity index (χ0n) is 19.9. The van der Waals surface area contributed by atoms with Gasteiger partial charge in [-0.1, -0.05) is 74.0 Å². The van der Waals surface area contributed by atoms with Gasteiger partial charge in [0.25, 0.3) is 0 Å². The number of nitrogens with zero attached hydrogens (tertiary/aromatic N) is 1. The molecule has 2 amide bonds. The lowest BCUT2D eigenvalue weighted by molar-refractivity contribution is -0.123. The molecule has 0 N–H and O–H groups in total. The van der Waals surface area contributed by atoms with Gasteiger partial charge in [-0.3, -0.25) is 14.5 Å². The molecule has 4 nitrogen and oxygen atoms in total. The summed E-state index contributed by atoms with van der Waals surface area (Å²) in [6, 6.07) is 28.1. The monoisotopic (exact) mass is 463 g/mol. The maximum absolute atomic E-state index is 13.8. The van der Waals surface area contributed by atoms with E-state index < -0.39 is 0 Å². The van der Waals surface area contributed by atoms with Crippen LogP contribution in [0.4, 0.5) is 5.69 Å². The van der Waals surface area contributed by atoms with E-state index in [0.717, 1.165) is 36.1 Å². The molecule has 3 aromatic rings. The van der Waals surface area contributed by atoms with E-state index in [2.05, 4.69) is 31.2 Å². The fourth-order valence-electron chi connectivity index (χ4n) is 6.37. The minimum Gasteiger partial charge on any atom is -0.494 e. The van der Waals surface area contributed by atoms with Crippen LogP contribution >= 0.6 is 0 Å². The van der Waals surface area contributed by atoms with E-state index in [1.807, 2.05) is 60.7 Å². The average molecular weight is 464 g/mol. The summed E-state index contributed by atoms with van der Waals surface area (Å²) in [6.45, 7) is 2.80. The Kier molecular flexibility index (Phi) is 5.52. The van der Waals surface area contributed by atoms with Crippen LogP contribution in [0.5, 0.6) is 5.75 Å². The standard InChI is InChI=1S/C31H29NO3/c1-2-3-18-35-23-16-14-22(15-17-23)32-30(33)28-24-19-25(29(28)31(32)34)27(21-12-8-5-9-13-21)26(24)20-10-6-4-7-11-20/h4-17,24-25,28-29H,2-3,18-19H2,1H3/t24-,25-,28-,29?/m1/s1. The number of carbonyl (C=O) groups is 2. The van der Waals surface area contributed by atoms with E-state index in [9.17, 15) is 9.59 Å². The zero-order chi connectivity index (χ0) is 23.9. The Morgan fingerprint density at radius 3 is 1.74 bits per heavy atom. The van der Waals surface area contributed by atoms with Gasteiger partial charge < -0.3 is 4.74 Å². The van der Waals surface area contributed by atoms with Crippen LogP contribution in [0, 0.1) is 23.7 Å². The molecule has 1 aliphatic heterocycles. The Morgan fingerprint density at radius 2 is 1.26 bits per heavy atom. The van der Waals surface area contributed by atoms with Gasteiger partial charge in [0.2, 0.25) is 11.8 Å². The number of hydrogen-bond acceptors (Lipinski definition) is 3. The van der Waals surface area contributed by atoms with Gasteiger partial charge in [0, 0.05) is 0 Å². The molecule has 1 unspecified atom stereocenters. The minimum atomic E-state index is -0.296. The Labute approximate surface area is 206 Å². The van der Waals surface area contributed by atoms with Crippen molar-refractivity contribution in [2.24, 2.45) is 23.7 Å². The molecule has 4 heteroatoms. The van der Waals surface area contributed by atoms with Crippen LogP contribution in [0.15, 0.2) is 84.9 Å². The third-order valence-corrected chi connectivity index (χ3v) is 7.84. The molecule has 0 aromatic heterocycles. The predicted octanol–water partition coefficient (Wildman–Crippen LogP) is 6.23. The number of amides is 2. The zero-order valence-corrected chi connectivity index (χ0v) is 19.9. The molecule has 1 heterocycles. The smallest absolute Gasteiger partial charge is 0.238 e. The number of unbranched alkanes of at least 4 members (excludes halogenated alkanes) is 1. The molecule has 1 saturated heterocycles. The van der Waals surface area contributed by atoms with Gasteiger partial charge >= 0.3 is 0 Å². The van der Waals surface area contributed by atoms with Gasteiger partial charge in [-0.05, 0) is 71.2 Å². The maximum Gasteiger partial charge on any atom is 0.238 e. The minimum absolute atomic E-state index is 0.0562. The van der Waals surface area contributed by atoms with Crippen molar-refractivity contribution in [2.75, 3.05) is 11.5 Å². The normalized spacial score (nSPS) is 24.9. The van der Waals surface area contributed by atoms with E-state index in [1.165, 1.54) is 16.0 Å². The summed E-state index contributed by atoms with van der Waals surface area (Å²) in [7, 11) is 0. The average Bonchev–Trinajstić information content (AvgIpc) is 3.55. The van der Waals surface area contributed by atoms with E-state index in [1.54, 1.807) is 0 Å². The highest BCUT2D eigenvalue weighted by Gasteiger charge is 2.64. The van der Waals surface area contributed by atoms with Gasteiger partial charge in [0.1, 0.15) is 5.75 Å². The molecule has 176 valence electrons. The van der Waals surface area contributed by atoms with Gasteiger partial charge in [-0.15, -0.1) is 0 Å². The SMILES string of the molecule is CCCCOc1ccc(N2C(=O)C3[C@@H]4C[C@H](C(c5ccccc5)=C4c4ccccc4)[C@H]3C2=O)cc1. The van der Waals surface area contributed by atoms with Crippen LogP contribution in [0.25, 0.3) is 11.1 Å². The Bertz CT molecular complexity index is 1210. The summed E-state index contributed by atoms with van der Waals surface area (Å²) in [5.74, 6) is 0.161. The van der Waals surface area contributed by atoms with Gasteiger partial charge in [-0.25, -0.2) is 0 Å². The number of fused-ring (bicyclic) bond motifs is 5. The highest BCUT2D eigenvalue weighted by molar-refractivity contribution is 6.24. The van der Waals surface area contributed by atoms with E-state index in [-0.39, 0.29) is 35.5 Å². The first-order chi connectivity index (χ1) is 17.2. The van der Waals surface area contributed by atoms with Crippen molar-refractivity contribution in [1.82, 2.24) is 0 Å². The van der Waals surface area contributed by atoms with Gasteiger partial charge in [0.15, 0.2) is 0 Å². The summed E-state index contributed by atoms with van der Waals surface area (Å²) in [4.78, 5) is 28.9. The number of imide groups is 1. The molecule has 6 rings (SSSR count). The summed E-state index contributed by atoms with van der Waals surface area (Å²) < 4.78 is 5.77. The van der Waals surface area contributed by atoms with Crippen LogP contribution in [-0.4, -0.2) is 18.4 Å². The molecule has 3 aromatic carbocycles. The van der Waals surface area contributed by atoms with Crippen molar-refractivity contribution >= 4 is 28.6 Å².